The van der Waals surface area contributed by atoms with E-state index in [1.165, 1.54) is 0 Å². The summed E-state index contributed by atoms with van der Waals surface area (Å²) in [4.78, 5) is 12.1. The first-order chi connectivity index (χ1) is 10.1. The Bertz CT molecular complexity index is 346. The highest BCUT2D eigenvalue weighted by Crippen LogP contribution is 2.31. The number of rotatable bonds is 6. The summed E-state index contributed by atoms with van der Waals surface area (Å²) in [6, 6.07) is 9.92. The van der Waals surface area contributed by atoms with E-state index in [1.54, 1.807) is 0 Å². The van der Waals surface area contributed by atoms with Gasteiger partial charge in [-0.1, -0.05) is 77.8 Å². The van der Waals surface area contributed by atoms with Crippen LogP contribution in [-0.4, -0.2) is 12.6 Å². The Hall–Kier alpha value is -1.31. The molecule has 1 atom stereocenters. The van der Waals surface area contributed by atoms with Crippen molar-refractivity contribution in [2.45, 2.75) is 73.1 Å². The van der Waals surface area contributed by atoms with Crippen molar-refractivity contribution in [1.82, 2.24) is 0 Å². The number of unbranched alkanes of at least 4 members (excludes halogenated alkanes) is 1. The highest BCUT2D eigenvalue weighted by atomic mass is 16.5. The van der Waals surface area contributed by atoms with E-state index < -0.39 is 5.41 Å². The molecule has 0 aliphatic rings. The fourth-order valence-corrected chi connectivity index (χ4v) is 1.99. The molecule has 0 saturated carbocycles. The molecule has 1 aromatic rings. The van der Waals surface area contributed by atoms with Gasteiger partial charge in [0.1, 0.15) is 0 Å². The number of carbonyl (C=O) groups is 1. The van der Waals surface area contributed by atoms with Gasteiger partial charge in [-0.3, -0.25) is 4.79 Å². The molecule has 1 aromatic carbocycles. The molecule has 0 radical (unpaired) electrons. The third-order valence-corrected chi connectivity index (χ3v) is 3.17. The fourth-order valence-electron chi connectivity index (χ4n) is 1.99. The molecule has 0 spiro atoms. The van der Waals surface area contributed by atoms with Gasteiger partial charge in [0.25, 0.3) is 0 Å². The summed E-state index contributed by atoms with van der Waals surface area (Å²) >= 11 is 0. The van der Waals surface area contributed by atoms with Crippen molar-refractivity contribution >= 4 is 5.97 Å². The summed E-state index contributed by atoms with van der Waals surface area (Å²) < 4.78 is 5.22. The van der Waals surface area contributed by atoms with Gasteiger partial charge < -0.3 is 4.74 Å². The highest BCUT2D eigenvalue weighted by molar-refractivity contribution is 5.82. The predicted octanol–water partition coefficient (Wildman–Crippen LogP) is 5.75. The maximum absolute atomic E-state index is 12.1. The van der Waals surface area contributed by atoms with Crippen molar-refractivity contribution in [2.24, 2.45) is 0 Å². The number of ether oxygens (including phenoxy) is 1. The summed E-state index contributed by atoms with van der Waals surface area (Å²) in [5.41, 5.74) is 0.541. The van der Waals surface area contributed by atoms with Crippen LogP contribution in [0.2, 0.25) is 0 Å². The molecule has 1 rings (SSSR count). The summed E-state index contributed by atoms with van der Waals surface area (Å²) in [6.07, 6.45) is 2.96. The third kappa shape index (κ3) is 7.31. The largest absolute Gasteiger partial charge is 0.465 e. The number of carbonyl (C=O) groups excluding carboxylic acids is 1. The minimum absolute atomic E-state index is 0.111. The van der Waals surface area contributed by atoms with Crippen LogP contribution in [0.1, 0.15) is 73.3 Å². The topological polar surface area (TPSA) is 26.3 Å². The van der Waals surface area contributed by atoms with Gasteiger partial charge >= 0.3 is 5.97 Å². The molecular formula is C19H34O2. The van der Waals surface area contributed by atoms with Gasteiger partial charge in [-0.25, -0.2) is 0 Å². The summed E-state index contributed by atoms with van der Waals surface area (Å²) in [5.74, 6) is -0.111. The number of hydrogen-bond donors (Lipinski definition) is 0. The third-order valence-electron chi connectivity index (χ3n) is 3.17. The molecule has 0 aromatic heterocycles. The predicted molar refractivity (Wildman–Crippen MR) is 92.6 cm³/mol. The van der Waals surface area contributed by atoms with E-state index >= 15 is 0 Å². The molecule has 1 unspecified atom stereocenters. The van der Waals surface area contributed by atoms with Crippen molar-refractivity contribution < 1.29 is 9.53 Å². The van der Waals surface area contributed by atoms with Crippen LogP contribution in [0.4, 0.5) is 0 Å². The molecule has 0 aliphatic carbocycles. The number of benzene rings is 1. The van der Waals surface area contributed by atoms with Gasteiger partial charge in [0, 0.05) is 0 Å². The van der Waals surface area contributed by atoms with E-state index in [9.17, 15) is 4.79 Å². The van der Waals surface area contributed by atoms with Gasteiger partial charge in [-0.05, 0) is 25.8 Å². The number of hydrogen-bond acceptors (Lipinski definition) is 2. The lowest BCUT2D eigenvalue weighted by molar-refractivity contribution is -0.149. The molecule has 0 heterocycles. The van der Waals surface area contributed by atoms with Crippen LogP contribution in [0.25, 0.3) is 0 Å². The molecule has 0 N–H and O–H groups in total. The van der Waals surface area contributed by atoms with E-state index in [0.717, 1.165) is 24.8 Å². The van der Waals surface area contributed by atoms with Crippen molar-refractivity contribution in [2.75, 3.05) is 6.61 Å². The van der Waals surface area contributed by atoms with Crippen LogP contribution < -0.4 is 0 Å². The van der Waals surface area contributed by atoms with Crippen LogP contribution in [0.5, 0.6) is 0 Å². The SMILES string of the molecule is CC.CC.CCCCC(C)(C(=O)OCC)c1ccccc1. The molecule has 2 heteroatoms. The zero-order valence-corrected chi connectivity index (χ0v) is 15.0. The van der Waals surface area contributed by atoms with Gasteiger partial charge in [-0.2, -0.15) is 0 Å². The first-order valence-corrected chi connectivity index (χ1v) is 8.38. The number of esters is 1. The molecule has 0 aliphatic heterocycles. The zero-order valence-electron chi connectivity index (χ0n) is 15.0. The van der Waals surface area contributed by atoms with Crippen molar-refractivity contribution in [3.8, 4) is 0 Å². The van der Waals surface area contributed by atoms with E-state index in [4.69, 9.17) is 4.74 Å². The maximum Gasteiger partial charge on any atom is 0.316 e. The van der Waals surface area contributed by atoms with Crippen LogP contribution in [0, 0.1) is 0 Å². The first kappa shape index (κ1) is 22.0. The average molecular weight is 294 g/mol. The fraction of sp³-hybridized carbons (Fsp3) is 0.632. The quantitative estimate of drug-likeness (QED) is 0.624. The minimum Gasteiger partial charge on any atom is -0.465 e. The van der Waals surface area contributed by atoms with Gasteiger partial charge in [0.2, 0.25) is 0 Å². The van der Waals surface area contributed by atoms with E-state index in [1.807, 2.05) is 71.9 Å². The smallest absolute Gasteiger partial charge is 0.316 e. The summed E-state index contributed by atoms with van der Waals surface area (Å²) in [5, 5.41) is 0. The Morgan fingerprint density at radius 3 is 2.00 bits per heavy atom. The Kier molecular flexibility index (Phi) is 14.3. The van der Waals surface area contributed by atoms with Crippen LogP contribution >= 0.6 is 0 Å². The molecule has 0 saturated heterocycles. The van der Waals surface area contributed by atoms with Crippen molar-refractivity contribution in [3.05, 3.63) is 35.9 Å². The van der Waals surface area contributed by atoms with E-state index in [-0.39, 0.29) is 5.97 Å². The van der Waals surface area contributed by atoms with E-state index in [0.29, 0.717) is 6.61 Å². The second kappa shape index (κ2) is 13.7. The lowest BCUT2D eigenvalue weighted by atomic mass is 9.78. The Morgan fingerprint density at radius 1 is 1.05 bits per heavy atom. The molecule has 2 nitrogen and oxygen atoms in total. The maximum atomic E-state index is 12.1. The minimum atomic E-state index is -0.507. The van der Waals surface area contributed by atoms with Crippen LogP contribution in [-0.2, 0) is 14.9 Å². The first-order valence-electron chi connectivity index (χ1n) is 8.38. The normalized spacial score (nSPS) is 12.0. The van der Waals surface area contributed by atoms with Crippen LogP contribution in [0.15, 0.2) is 30.3 Å². The summed E-state index contributed by atoms with van der Waals surface area (Å²) in [6.45, 7) is 14.4. The Morgan fingerprint density at radius 2 is 1.57 bits per heavy atom. The van der Waals surface area contributed by atoms with Gasteiger partial charge in [-0.15, -0.1) is 0 Å². The standard InChI is InChI=1S/C15H22O2.2C2H6/c1-4-6-12-15(3,14(16)17-5-2)13-10-8-7-9-11-13;2*1-2/h7-11H,4-6,12H2,1-3H3;2*1-2H3. The molecule has 21 heavy (non-hydrogen) atoms. The zero-order chi connectivity index (χ0) is 16.7. The highest BCUT2D eigenvalue weighted by Gasteiger charge is 2.35. The summed E-state index contributed by atoms with van der Waals surface area (Å²) in [7, 11) is 0. The Balaban J connectivity index is 0. The lowest BCUT2D eigenvalue weighted by Gasteiger charge is -2.27. The molecule has 0 bridgehead atoms. The van der Waals surface area contributed by atoms with Gasteiger partial charge in [0.05, 0.1) is 12.0 Å². The van der Waals surface area contributed by atoms with Crippen molar-refractivity contribution in [1.29, 1.82) is 0 Å². The van der Waals surface area contributed by atoms with Gasteiger partial charge in [0.15, 0.2) is 0 Å². The van der Waals surface area contributed by atoms with Crippen LogP contribution in [0.3, 0.4) is 0 Å². The monoisotopic (exact) mass is 294 g/mol. The molecule has 0 fully saturated rings. The average Bonchev–Trinajstić information content (AvgIpc) is 2.57. The molecule has 0 amide bonds. The second-order valence-electron chi connectivity index (χ2n) is 4.52. The second-order valence-corrected chi connectivity index (χ2v) is 4.52. The van der Waals surface area contributed by atoms with Crippen molar-refractivity contribution in [3.63, 3.8) is 0 Å². The molecular weight excluding hydrogens is 260 g/mol. The van der Waals surface area contributed by atoms with E-state index in [2.05, 4.69) is 6.92 Å². The lowest BCUT2D eigenvalue weighted by Crippen LogP contribution is -2.34. The Labute approximate surface area is 131 Å². The molecule has 122 valence electrons.